The SMILES string of the molecule is CC(C)(CCCO)CNC(=O)c1sccc1Br. The summed E-state index contributed by atoms with van der Waals surface area (Å²) in [4.78, 5) is 12.6. The van der Waals surface area contributed by atoms with Crippen molar-refractivity contribution in [1.82, 2.24) is 5.32 Å². The Kier molecular flexibility index (Phi) is 5.62. The Morgan fingerprint density at radius 1 is 1.59 bits per heavy atom. The fourth-order valence-corrected chi connectivity index (χ4v) is 2.97. The topological polar surface area (TPSA) is 49.3 Å². The van der Waals surface area contributed by atoms with E-state index in [2.05, 4.69) is 35.1 Å². The molecule has 0 saturated heterocycles. The summed E-state index contributed by atoms with van der Waals surface area (Å²) in [6.45, 7) is 5.00. The van der Waals surface area contributed by atoms with Gasteiger partial charge in [-0.15, -0.1) is 11.3 Å². The lowest BCUT2D eigenvalue weighted by Crippen LogP contribution is -2.33. The zero-order valence-corrected chi connectivity index (χ0v) is 12.5. The molecule has 0 spiro atoms. The van der Waals surface area contributed by atoms with Crippen molar-refractivity contribution in [3.63, 3.8) is 0 Å². The highest BCUT2D eigenvalue weighted by Gasteiger charge is 2.19. The number of carbonyl (C=O) groups excluding carboxylic acids is 1. The highest BCUT2D eigenvalue weighted by Crippen LogP contribution is 2.24. The Bertz CT molecular complexity index is 376. The third-order valence-corrected chi connectivity index (χ3v) is 4.40. The number of hydrogen-bond donors (Lipinski definition) is 2. The lowest BCUT2D eigenvalue weighted by atomic mass is 9.88. The van der Waals surface area contributed by atoms with Gasteiger partial charge in [-0.1, -0.05) is 13.8 Å². The molecule has 0 unspecified atom stereocenters. The molecule has 96 valence electrons. The first-order chi connectivity index (χ1) is 7.96. The highest BCUT2D eigenvalue weighted by atomic mass is 79.9. The lowest BCUT2D eigenvalue weighted by Gasteiger charge is -2.24. The molecule has 0 radical (unpaired) electrons. The predicted octanol–water partition coefficient (Wildman–Crippen LogP) is 3.04. The van der Waals surface area contributed by atoms with E-state index in [9.17, 15) is 4.79 Å². The van der Waals surface area contributed by atoms with Crippen molar-refractivity contribution in [2.75, 3.05) is 13.2 Å². The Morgan fingerprint density at radius 2 is 2.29 bits per heavy atom. The Hall–Kier alpha value is -0.390. The summed E-state index contributed by atoms with van der Waals surface area (Å²) in [7, 11) is 0. The van der Waals surface area contributed by atoms with Crippen molar-refractivity contribution in [2.45, 2.75) is 26.7 Å². The van der Waals surface area contributed by atoms with Crippen LogP contribution in [0.25, 0.3) is 0 Å². The van der Waals surface area contributed by atoms with Gasteiger partial charge >= 0.3 is 0 Å². The summed E-state index contributed by atoms with van der Waals surface area (Å²) >= 11 is 4.77. The van der Waals surface area contributed by atoms with Crippen LogP contribution in [0.2, 0.25) is 0 Å². The molecule has 0 bridgehead atoms. The summed E-state index contributed by atoms with van der Waals surface area (Å²) in [6.07, 6.45) is 1.67. The molecule has 17 heavy (non-hydrogen) atoms. The maximum absolute atomic E-state index is 11.9. The molecule has 1 amide bonds. The van der Waals surface area contributed by atoms with E-state index < -0.39 is 0 Å². The first-order valence-electron chi connectivity index (χ1n) is 5.58. The van der Waals surface area contributed by atoms with E-state index in [1.807, 2.05) is 11.4 Å². The fraction of sp³-hybridized carbons (Fsp3) is 0.583. The lowest BCUT2D eigenvalue weighted by molar-refractivity contribution is 0.0936. The fourth-order valence-electron chi connectivity index (χ4n) is 1.50. The standard InChI is InChI=1S/C12H18BrNO2S/c1-12(2,5-3-6-15)8-14-11(16)10-9(13)4-7-17-10/h4,7,15H,3,5-6,8H2,1-2H3,(H,14,16). The van der Waals surface area contributed by atoms with Gasteiger partial charge in [-0.05, 0) is 45.6 Å². The normalized spacial score (nSPS) is 11.5. The van der Waals surface area contributed by atoms with Crippen molar-refractivity contribution < 1.29 is 9.90 Å². The van der Waals surface area contributed by atoms with Gasteiger partial charge in [0.2, 0.25) is 0 Å². The molecule has 0 saturated carbocycles. The Morgan fingerprint density at radius 3 is 2.82 bits per heavy atom. The molecule has 1 heterocycles. The molecule has 0 aliphatic heterocycles. The zero-order chi connectivity index (χ0) is 12.9. The second kappa shape index (κ2) is 6.52. The third kappa shape index (κ3) is 4.77. The number of aliphatic hydroxyl groups excluding tert-OH is 1. The van der Waals surface area contributed by atoms with Crippen LogP contribution in [-0.2, 0) is 0 Å². The van der Waals surface area contributed by atoms with Gasteiger partial charge in [-0.3, -0.25) is 4.79 Å². The molecule has 0 atom stereocenters. The van der Waals surface area contributed by atoms with Crippen molar-refractivity contribution >= 4 is 33.2 Å². The second-order valence-corrected chi connectivity index (χ2v) is 6.54. The van der Waals surface area contributed by atoms with Crippen LogP contribution in [0.15, 0.2) is 15.9 Å². The van der Waals surface area contributed by atoms with Gasteiger partial charge in [0.1, 0.15) is 4.88 Å². The van der Waals surface area contributed by atoms with Gasteiger partial charge < -0.3 is 10.4 Å². The van der Waals surface area contributed by atoms with E-state index in [4.69, 9.17) is 5.11 Å². The number of carbonyl (C=O) groups is 1. The van der Waals surface area contributed by atoms with E-state index in [0.29, 0.717) is 11.4 Å². The summed E-state index contributed by atoms with van der Waals surface area (Å²) < 4.78 is 0.841. The van der Waals surface area contributed by atoms with Crippen LogP contribution in [0.4, 0.5) is 0 Å². The summed E-state index contributed by atoms with van der Waals surface area (Å²) in [6, 6.07) is 1.87. The predicted molar refractivity (Wildman–Crippen MR) is 74.5 cm³/mol. The number of aliphatic hydroxyl groups is 1. The van der Waals surface area contributed by atoms with Crippen molar-refractivity contribution in [1.29, 1.82) is 0 Å². The monoisotopic (exact) mass is 319 g/mol. The summed E-state index contributed by atoms with van der Waals surface area (Å²) in [5.41, 5.74) is 0.0160. The van der Waals surface area contributed by atoms with E-state index in [0.717, 1.165) is 17.3 Å². The number of nitrogens with one attached hydrogen (secondary N) is 1. The quantitative estimate of drug-likeness (QED) is 0.846. The molecule has 3 nitrogen and oxygen atoms in total. The molecular weight excluding hydrogens is 302 g/mol. The number of amides is 1. The minimum Gasteiger partial charge on any atom is -0.396 e. The Balaban J connectivity index is 2.45. The van der Waals surface area contributed by atoms with Crippen molar-refractivity contribution in [3.05, 3.63) is 20.8 Å². The van der Waals surface area contributed by atoms with E-state index in [1.54, 1.807) is 0 Å². The molecule has 0 aromatic carbocycles. The van der Waals surface area contributed by atoms with Crippen LogP contribution in [0.5, 0.6) is 0 Å². The first kappa shape index (κ1) is 14.7. The molecule has 5 heteroatoms. The Labute approximate surface area is 114 Å². The van der Waals surface area contributed by atoms with Crippen molar-refractivity contribution in [3.8, 4) is 0 Å². The number of halogens is 1. The van der Waals surface area contributed by atoms with Crippen LogP contribution in [0.1, 0.15) is 36.4 Å². The minimum atomic E-state index is -0.0380. The maximum Gasteiger partial charge on any atom is 0.262 e. The van der Waals surface area contributed by atoms with Gasteiger partial charge in [-0.2, -0.15) is 0 Å². The first-order valence-corrected chi connectivity index (χ1v) is 7.25. The van der Waals surface area contributed by atoms with Crippen LogP contribution < -0.4 is 5.32 Å². The molecule has 1 aromatic rings. The average Bonchev–Trinajstić information content (AvgIpc) is 2.70. The number of hydrogen-bond acceptors (Lipinski definition) is 3. The molecule has 0 aliphatic rings. The summed E-state index contributed by atoms with van der Waals surface area (Å²) in [5, 5.41) is 13.6. The number of thiophene rings is 1. The van der Waals surface area contributed by atoms with Gasteiger partial charge in [0.25, 0.3) is 5.91 Å². The van der Waals surface area contributed by atoms with E-state index in [1.165, 1.54) is 11.3 Å². The molecule has 0 aliphatic carbocycles. The van der Waals surface area contributed by atoms with E-state index >= 15 is 0 Å². The largest absolute Gasteiger partial charge is 0.396 e. The van der Waals surface area contributed by atoms with Crippen LogP contribution in [0.3, 0.4) is 0 Å². The molecule has 1 rings (SSSR count). The molecule has 2 N–H and O–H groups in total. The summed E-state index contributed by atoms with van der Waals surface area (Å²) in [5.74, 6) is -0.0380. The number of rotatable bonds is 6. The van der Waals surface area contributed by atoms with Crippen molar-refractivity contribution in [2.24, 2.45) is 5.41 Å². The smallest absolute Gasteiger partial charge is 0.262 e. The van der Waals surface area contributed by atoms with E-state index in [-0.39, 0.29) is 17.9 Å². The average molecular weight is 320 g/mol. The second-order valence-electron chi connectivity index (χ2n) is 4.77. The highest BCUT2D eigenvalue weighted by molar-refractivity contribution is 9.10. The van der Waals surface area contributed by atoms with Gasteiger partial charge in [-0.25, -0.2) is 0 Å². The zero-order valence-electron chi connectivity index (χ0n) is 10.1. The molecule has 0 fully saturated rings. The van der Waals surface area contributed by atoms with Gasteiger partial charge in [0.05, 0.1) is 0 Å². The molecule has 1 aromatic heterocycles. The molecular formula is C12H18BrNO2S. The van der Waals surface area contributed by atoms with Crippen LogP contribution in [0, 0.1) is 5.41 Å². The maximum atomic E-state index is 11.9. The van der Waals surface area contributed by atoms with Gasteiger partial charge in [0, 0.05) is 17.6 Å². The minimum absolute atomic E-state index is 0.0160. The van der Waals surface area contributed by atoms with Gasteiger partial charge in [0.15, 0.2) is 0 Å². The third-order valence-electron chi connectivity index (χ3n) is 2.56. The van der Waals surface area contributed by atoms with Crippen LogP contribution >= 0.6 is 27.3 Å². The van der Waals surface area contributed by atoms with Crippen LogP contribution in [-0.4, -0.2) is 24.2 Å².